The molecule has 0 heterocycles. The smallest absolute Gasteiger partial charge is 0.165 e. The summed E-state index contributed by atoms with van der Waals surface area (Å²) in [6.45, 7) is 0. The summed E-state index contributed by atoms with van der Waals surface area (Å²) in [5.41, 5.74) is 7.42. The van der Waals surface area contributed by atoms with Crippen LogP contribution >= 0.6 is 0 Å². The lowest BCUT2D eigenvalue weighted by Gasteiger charge is -2.04. The summed E-state index contributed by atoms with van der Waals surface area (Å²) in [6.07, 6.45) is 0.419. The second-order valence-corrected chi connectivity index (χ2v) is 3.19. The highest BCUT2D eigenvalue weighted by atomic mass is 16.5. The second-order valence-electron chi connectivity index (χ2n) is 3.19. The fourth-order valence-corrected chi connectivity index (χ4v) is 1.65. The van der Waals surface area contributed by atoms with Gasteiger partial charge in [0.25, 0.3) is 0 Å². The Hall–Kier alpha value is -1.35. The summed E-state index contributed by atoms with van der Waals surface area (Å²) < 4.78 is 5.03. The van der Waals surface area contributed by atoms with Crippen LogP contribution in [0.4, 0.5) is 0 Å². The average molecular weight is 177 g/mol. The molecule has 2 N–H and O–H groups in total. The Bertz CT molecular complexity index is 360. The highest BCUT2D eigenvalue weighted by Gasteiger charge is 2.26. The molecule has 0 aromatic heterocycles. The first-order chi connectivity index (χ1) is 6.22. The third-order valence-corrected chi connectivity index (χ3v) is 2.37. The molecule has 0 bridgehead atoms. The standard InChI is InChI=1S/C10H11NO2/c1-13-6-2-3-7-8(4-6)10(12)5-9(7)11/h2-4,9H,5,11H2,1H3. The van der Waals surface area contributed by atoms with Crippen molar-refractivity contribution in [3.8, 4) is 5.75 Å². The summed E-state index contributed by atoms with van der Waals surface area (Å²) in [4.78, 5) is 11.4. The maximum atomic E-state index is 11.4. The summed E-state index contributed by atoms with van der Waals surface area (Å²) in [7, 11) is 1.58. The monoisotopic (exact) mass is 177 g/mol. The zero-order chi connectivity index (χ0) is 9.42. The van der Waals surface area contributed by atoms with Crippen molar-refractivity contribution in [2.24, 2.45) is 5.73 Å². The van der Waals surface area contributed by atoms with Gasteiger partial charge in [0.15, 0.2) is 5.78 Å². The molecule has 0 fully saturated rings. The topological polar surface area (TPSA) is 52.3 Å². The van der Waals surface area contributed by atoms with Gasteiger partial charge in [-0.3, -0.25) is 4.79 Å². The highest BCUT2D eigenvalue weighted by molar-refractivity contribution is 6.01. The molecule has 0 saturated carbocycles. The van der Waals surface area contributed by atoms with Gasteiger partial charge in [0, 0.05) is 18.0 Å². The number of hydrogen-bond acceptors (Lipinski definition) is 3. The van der Waals surface area contributed by atoms with E-state index in [0.29, 0.717) is 17.7 Å². The number of fused-ring (bicyclic) bond motifs is 1. The highest BCUT2D eigenvalue weighted by Crippen LogP contribution is 2.31. The normalized spacial score (nSPS) is 20.2. The number of benzene rings is 1. The molecular weight excluding hydrogens is 166 g/mol. The SMILES string of the molecule is COc1ccc2c(c1)C(=O)CC2N. The van der Waals surface area contributed by atoms with Crippen molar-refractivity contribution in [3.05, 3.63) is 29.3 Å². The first-order valence-electron chi connectivity index (χ1n) is 4.19. The molecule has 3 heteroatoms. The van der Waals surface area contributed by atoms with Crippen molar-refractivity contribution in [1.82, 2.24) is 0 Å². The van der Waals surface area contributed by atoms with Crippen LogP contribution in [0.2, 0.25) is 0 Å². The number of rotatable bonds is 1. The molecule has 0 amide bonds. The van der Waals surface area contributed by atoms with E-state index in [4.69, 9.17) is 10.5 Å². The van der Waals surface area contributed by atoms with Gasteiger partial charge >= 0.3 is 0 Å². The van der Waals surface area contributed by atoms with Crippen LogP contribution in [0.15, 0.2) is 18.2 Å². The molecule has 1 aliphatic rings. The second kappa shape index (κ2) is 2.85. The largest absolute Gasteiger partial charge is 0.497 e. The van der Waals surface area contributed by atoms with Crippen LogP contribution in [-0.4, -0.2) is 12.9 Å². The number of carbonyl (C=O) groups excluding carboxylic acids is 1. The van der Waals surface area contributed by atoms with Crippen molar-refractivity contribution in [2.45, 2.75) is 12.5 Å². The van der Waals surface area contributed by atoms with E-state index in [1.165, 1.54) is 0 Å². The fourth-order valence-electron chi connectivity index (χ4n) is 1.65. The van der Waals surface area contributed by atoms with Gasteiger partial charge in [0.2, 0.25) is 0 Å². The van der Waals surface area contributed by atoms with Gasteiger partial charge in [0.1, 0.15) is 5.75 Å². The van der Waals surface area contributed by atoms with Crippen LogP contribution in [0.1, 0.15) is 28.4 Å². The number of ketones is 1. The molecule has 1 aliphatic carbocycles. The molecule has 68 valence electrons. The molecule has 13 heavy (non-hydrogen) atoms. The minimum atomic E-state index is -0.131. The predicted octanol–water partition coefficient (Wildman–Crippen LogP) is 1.28. The van der Waals surface area contributed by atoms with Gasteiger partial charge in [-0.05, 0) is 17.7 Å². The molecule has 1 unspecified atom stereocenters. The average Bonchev–Trinajstić information content (AvgIpc) is 2.42. The quantitative estimate of drug-likeness (QED) is 0.703. The van der Waals surface area contributed by atoms with E-state index in [0.717, 1.165) is 5.56 Å². The first kappa shape index (κ1) is 8.26. The molecule has 0 saturated heterocycles. The zero-order valence-electron chi connectivity index (χ0n) is 7.41. The summed E-state index contributed by atoms with van der Waals surface area (Å²) in [5, 5.41) is 0. The van der Waals surface area contributed by atoms with Gasteiger partial charge in [0.05, 0.1) is 7.11 Å². The van der Waals surface area contributed by atoms with Crippen molar-refractivity contribution < 1.29 is 9.53 Å². The van der Waals surface area contributed by atoms with Crippen molar-refractivity contribution in [1.29, 1.82) is 0 Å². The first-order valence-corrected chi connectivity index (χ1v) is 4.19. The van der Waals surface area contributed by atoms with E-state index in [1.54, 1.807) is 13.2 Å². The number of methoxy groups -OCH3 is 1. The van der Waals surface area contributed by atoms with Crippen LogP contribution < -0.4 is 10.5 Å². The van der Waals surface area contributed by atoms with E-state index >= 15 is 0 Å². The van der Waals surface area contributed by atoms with Crippen LogP contribution in [0.3, 0.4) is 0 Å². The van der Waals surface area contributed by atoms with Gasteiger partial charge in [-0.2, -0.15) is 0 Å². The summed E-state index contributed by atoms with van der Waals surface area (Å²) in [6, 6.07) is 5.32. The molecule has 1 atom stereocenters. The number of carbonyl (C=O) groups is 1. The van der Waals surface area contributed by atoms with Crippen LogP contribution in [0.25, 0.3) is 0 Å². The fraction of sp³-hybridized carbons (Fsp3) is 0.300. The van der Waals surface area contributed by atoms with Crippen LogP contribution in [-0.2, 0) is 0 Å². The van der Waals surface area contributed by atoms with Crippen molar-refractivity contribution in [2.75, 3.05) is 7.11 Å². The summed E-state index contributed by atoms with van der Waals surface area (Å²) >= 11 is 0. The van der Waals surface area contributed by atoms with E-state index in [9.17, 15) is 4.79 Å². The molecule has 0 aliphatic heterocycles. The van der Waals surface area contributed by atoms with E-state index in [-0.39, 0.29) is 11.8 Å². The molecule has 1 aromatic carbocycles. The Morgan fingerprint density at radius 1 is 1.54 bits per heavy atom. The zero-order valence-corrected chi connectivity index (χ0v) is 7.41. The number of Topliss-reactive ketones (excluding diaryl/α,β-unsaturated/α-hetero) is 1. The molecule has 3 nitrogen and oxygen atoms in total. The summed E-state index contributed by atoms with van der Waals surface area (Å²) in [5.74, 6) is 0.822. The lowest BCUT2D eigenvalue weighted by molar-refractivity contribution is 0.0989. The Balaban J connectivity index is 2.52. The third kappa shape index (κ3) is 1.21. The third-order valence-electron chi connectivity index (χ3n) is 2.37. The van der Waals surface area contributed by atoms with Crippen molar-refractivity contribution in [3.63, 3.8) is 0 Å². The van der Waals surface area contributed by atoms with Gasteiger partial charge in [-0.1, -0.05) is 6.07 Å². The van der Waals surface area contributed by atoms with E-state index in [2.05, 4.69) is 0 Å². The Morgan fingerprint density at radius 3 is 3.00 bits per heavy atom. The van der Waals surface area contributed by atoms with Crippen LogP contribution in [0, 0.1) is 0 Å². The number of hydrogen-bond donors (Lipinski definition) is 1. The van der Waals surface area contributed by atoms with Gasteiger partial charge in [-0.15, -0.1) is 0 Å². The predicted molar refractivity (Wildman–Crippen MR) is 48.9 cm³/mol. The maximum Gasteiger partial charge on any atom is 0.165 e. The number of nitrogens with two attached hydrogens (primary N) is 1. The Labute approximate surface area is 76.5 Å². The molecule has 0 spiro atoms. The lowest BCUT2D eigenvalue weighted by atomic mass is 10.1. The minimum absolute atomic E-state index is 0.112. The molecular formula is C10H11NO2. The Morgan fingerprint density at radius 2 is 2.31 bits per heavy atom. The molecule has 2 rings (SSSR count). The van der Waals surface area contributed by atoms with Gasteiger partial charge < -0.3 is 10.5 Å². The number of ether oxygens (including phenoxy) is 1. The molecule has 0 radical (unpaired) electrons. The molecule has 1 aromatic rings. The van der Waals surface area contributed by atoms with Crippen LogP contribution in [0.5, 0.6) is 5.75 Å². The van der Waals surface area contributed by atoms with E-state index < -0.39 is 0 Å². The maximum absolute atomic E-state index is 11.4. The van der Waals surface area contributed by atoms with E-state index in [1.807, 2.05) is 12.1 Å². The Kier molecular flexibility index (Phi) is 1.81. The lowest BCUT2D eigenvalue weighted by Crippen LogP contribution is -2.05. The van der Waals surface area contributed by atoms with Crippen molar-refractivity contribution >= 4 is 5.78 Å². The van der Waals surface area contributed by atoms with Gasteiger partial charge in [-0.25, -0.2) is 0 Å². The minimum Gasteiger partial charge on any atom is -0.497 e.